The second-order valence-electron chi connectivity index (χ2n) is 5.13. The molecule has 0 aliphatic rings. The molecule has 0 aliphatic carbocycles. The predicted molar refractivity (Wildman–Crippen MR) is 87.4 cm³/mol. The predicted octanol–water partition coefficient (Wildman–Crippen LogP) is 5.23. The molecular formula is C16H10ClF2N3O3. The highest BCUT2D eigenvalue weighted by Gasteiger charge is 2.20. The zero-order valence-corrected chi connectivity index (χ0v) is 13.5. The molecule has 6 nitrogen and oxygen atoms in total. The normalized spacial score (nSPS) is 11.1. The smallest absolute Gasteiger partial charge is 0.297 e. The Hall–Kier alpha value is -2.87. The molecule has 128 valence electrons. The van der Waals surface area contributed by atoms with Crippen molar-refractivity contribution in [1.82, 2.24) is 9.97 Å². The van der Waals surface area contributed by atoms with Crippen LogP contribution >= 0.6 is 11.6 Å². The van der Waals surface area contributed by atoms with Gasteiger partial charge in [-0.2, -0.15) is 4.98 Å². The summed E-state index contributed by atoms with van der Waals surface area (Å²) in [6.07, 6.45) is -2.88. The average molecular weight is 366 g/mol. The van der Waals surface area contributed by atoms with Gasteiger partial charge in [0.25, 0.3) is 12.1 Å². The van der Waals surface area contributed by atoms with E-state index in [1.165, 1.54) is 6.07 Å². The molecule has 1 heterocycles. The summed E-state index contributed by atoms with van der Waals surface area (Å²) in [4.78, 5) is 17.9. The van der Waals surface area contributed by atoms with Gasteiger partial charge >= 0.3 is 0 Å². The lowest BCUT2D eigenvalue weighted by molar-refractivity contribution is -0.384. The van der Waals surface area contributed by atoms with Crippen LogP contribution < -0.4 is 4.74 Å². The van der Waals surface area contributed by atoms with Crippen molar-refractivity contribution in [2.45, 2.75) is 13.3 Å². The van der Waals surface area contributed by atoms with E-state index in [0.717, 1.165) is 6.07 Å². The molecule has 0 saturated carbocycles. The molecule has 3 rings (SSSR count). The molecule has 9 heteroatoms. The quantitative estimate of drug-likeness (QED) is 0.467. The molecule has 0 aliphatic heterocycles. The fraction of sp³-hybridized carbons (Fsp3) is 0.125. The third kappa shape index (κ3) is 3.34. The SMILES string of the molecule is Cc1cc(Cl)c([N+](=O)[O-])cc1Oc1nc(C(F)F)nc2ccccc12. The van der Waals surface area contributed by atoms with E-state index in [-0.39, 0.29) is 27.9 Å². The second kappa shape index (κ2) is 6.56. The Balaban J connectivity index is 2.15. The van der Waals surface area contributed by atoms with Crippen LogP contribution in [0.3, 0.4) is 0 Å². The fourth-order valence-electron chi connectivity index (χ4n) is 2.24. The zero-order chi connectivity index (χ0) is 18.1. The van der Waals surface area contributed by atoms with Crippen LogP contribution in [-0.4, -0.2) is 14.9 Å². The highest BCUT2D eigenvalue weighted by molar-refractivity contribution is 6.32. The van der Waals surface area contributed by atoms with Crippen LogP contribution in [0.25, 0.3) is 10.9 Å². The van der Waals surface area contributed by atoms with Crippen molar-refractivity contribution in [2.75, 3.05) is 0 Å². The maximum absolute atomic E-state index is 13.0. The Morgan fingerprint density at radius 1 is 1.24 bits per heavy atom. The van der Waals surface area contributed by atoms with Crippen LogP contribution in [0.5, 0.6) is 11.6 Å². The Kier molecular flexibility index (Phi) is 4.45. The monoisotopic (exact) mass is 365 g/mol. The maximum Gasteiger partial charge on any atom is 0.297 e. The molecule has 0 bridgehead atoms. The number of nitro benzene ring substituents is 1. The van der Waals surface area contributed by atoms with Crippen molar-refractivity contribution in [3.63, 3.8) is 0 Å². The summed E-state index contributed by atoms with van der Waals surface area (Å²) in [5.74, 6) is -0.699. The topological polar surface area (TPSA) is 78.2 Å². The van der Waals surface area contributed by atoms with E-state index in [1.54, 1.807) is 31.2 Å². The summed E-state index contributed by atoms with van der Waals surface area (Å²) in [5, 5.41) is 11.4. The van der Waals surface area contributed by atoms with Gasteiger partial charge in [-0.25, -0.2) is 13.8 Å². The van der Waals surface area contributed by atoms with Crippen LogP contribution in [0, 0.1) is 17.0 Å². The number of nitro groups is 1. The number of halogens is 3. The molecule has 2 aromatic carbocycles. The highest BCUT2D eigenvalue weighted by Crippen LogP contribution is 2.36. The van der Waals surface area contributed by atoms with Gasteiger partial charge in [0.2, 0.25) is 5.88 Å². The van der Waals surface area contributed by atoms with Crippen LogP contribution in [0.15, 0.2) is 36.4 Å². The number of aryl methyl sites for hydroxylation is 1. The molecule has 0 saturated heterocycles. The standard InChI is InChI=1S/C16H10ClF2N3O3/c1-8-6-10(17)12(22(23)24)7-13(8)25-16-9-4-2-3-5-11(9)20-15(21-16)14(18)19/h2-7,14H,1H3. The van der Waals surface area contributed by atoms with Gasteiger partial charge in [-0.15, -0.1) is 0 Å². The summed E-state index contributed by atoms with van der Waals surface area (Å²) in [5.41, 5.74) is 0.426. The number of alkyl halides is 2. The maximum atomic E-state index is 13.0. The largest absolute Gasteiger partial charge is 0.438 e. The van der Waals surface area contributed by atoms with Crippen LogP contribution in [0.4, 0.5) is 14.5 Å². The number of hydrogen-bond donors (Lipinski definition) is 0. The van der Waals surface area contributed by atoms with Crippen molar-refractivity contribution < 1.29 is 18.4 Å². The molecule has 0 atom stereocenters. The number of rotatable bonds is 4. The van der Waals surface area contributed by atoms with Crippen molar-refractivity contribution in [2.24, 2.45) is 0 Å². The molecule has 3 aromatic rings. The number of ether oxygens (including phenoxy) is 1. The number of para-hydroxylation sites is 1. The molecule has 25 heavy (non-hydrogen) atoms. The summed E-state index contributed by atoms with van der Waals surface area (Å²) < 4.78 is 31.7. The van der Waals surface area contributed by atoms with E-state index in [9.17, 15) is 18.9 Å². The minimum absolute atomic E-state index is 0.0457. The first-order valence-electron chi connectivity index (χ1n) is 7.04. The van der Waals surface area contributed by atoms with Gasteiger partial charge in [0.15, 0.2) is 5.82 Å². The fourth-order valence-corrected chi connectivity index (χ4v) is 2.52. The molecule has 0 radical (unpaired) electrons. The summed E-state index contributed by atoms with van der Waals surface area (Å²) in [6.45, 7) is 1.63. The van der Waals surface area contributed by atoms with Gasteiger partial charge in [0.1, 0.15) is 10.8 Å². The minimum Gasteiger partial charge on any atom is -0.438 e. The summed E-state index contributed by atoms with van der Waals surface area (Å²) in [6, 6.07) is 8.99. The zero-order valence-electron chi connectivity index (χ0n) is 12.7. The Bertz CT molecular complexity index is 982. The van der Waals surface area contributed by atoms with Crippen LogP contribution in [0.2, 0.25) is 5.02 Å². The number of fused-ring (bicyclic) bond motifs is 1. The molecule has 0 amide bonds. The van der Waals surface area contributed by atoms with Crippen molar-refractivity contribution in [3.8, 4) is 11.6 Å². The highest BCUT2D eigenvalue weighted by atomic mass is 35.5. The summed E-state index contributed by atoms with van der Waals surface area (Å²) >= 11 is 5.84. The number of benzene rings is 2. The van der Waals surface area contributed by atoms with Gasteiger partial charge in [0.05, 0.1) is 21.9 Å². The third-order valence-corrected chi connectivity index (χ3v) is 3.73. The van der Waals surface area contributed by atoms with Crippen LogP contribution in [0.1, 0.15) is 17.8 Å². The first kappa shape index (κ1) is 17.0. The van der Waals surface area contributed by atoms with Crippen LogP contribution in [-0.2, 0) is 0 Å². The number of nitrogens with zero attached hydrogens (tertiary/aromatic N) is 3. The Morgan fingerprint density at radius 3 is 2.64 bits per heavy atom. The Labute approximate surface area is 145 Å². The van der Waals surface area contributed by atoms with Gasteiger partial charge in [-0.05, 0) is 30.7 Å². The first-order chi connectivity index (χ1) is 11.9. The number of hydrogen-bond acceptors (Lipinski definition) is 5. The first-order valence-corrected chi connectivity index (χ1v) is 7.42. The van der Waals surface area contributed by atoms with E-state index < -0.39 is 17.2 Å². The molecular weight excluding hydrogens is 356 g/mol. The van der Waals surface area contributed by atoms with Gasteiger partial charge < -0.3 is 4.74 Å². The lowest BCUT2D eigenvalue weighted by atomic mass is 10.2. The van der Waals surface area contributed by atoms with E-state index in [4.69, 9.17) is 16.3 Å². The molecule has 0 spiro atoms. The van der Waals surface area contributed by atoms with Gasteiger partial charge in [-0.3, -0.25) is 10.1 Å². The van der Waals surface area contributed by atoms with E-state index in [2.05, 4.69) is 9.97 Å². The average Bonchev–Trinajstić information content (AvgIpc) is 2.56. The number of aromatic nitrogens is 2. The van der Waals surface area contributed by atoms with Crippen molar-refractivity contribution in [3.05, 3.63) is 62.9 Å². The molecule has 0 fully saturated rings. The third-order valence-electron chi connectivity index (χ3n) is 3.43. The summed E-state index contributed by atoms with van der Waals surface area (Å²) in [7, 11) is 0. The van der Waals surface area contributed by atoms with E-state index >= 15 is 0 Å². The van der Waals surface area contributed by atoms with E-state index in [0.29, 0.717) is 10.9 Å². The molecule has 1 aromatic heterocycles. The van der Waals surface area contributed by atoms with E-state index in [1.807, 2.05) is 0 Å². The van der Waals surface area contributed by atoms with Gasteiger partial charge in [0, 0.05) is 0 Å². The lowest BCUT2D eigenvalue weighted by Gasteiger charge is -2.12. The van der Waals surface area contributed by atoms with Crippen molar-refractivity contribution in [1.29, 1.82) is 0 Å². The van der Waals surface area contributed by atoms with Crippen molar-refractivity contribution >= 4 is 28.2 Å². The molecule has 0 N–H and O–H groups in total. The Morgan fingerprint density at radius 2 is 1.96 bits per heavy atom. The van der Waals surface area contributed by atoms with Gasteiger partial charge in [-0.1, -0.05) is 23.7 Å². The molecule has 0 unspecified atom stereocenters. The lowest BCUT2D eigenvalue weighted by Crippen LogP contribution is -2.01. The minimum atomic E-state index is -2.88. The second-order valence-corrected chi connectivity index (χ2v) is 5.54.